The van der Waals surface area contributed by atoms with Crippen molar-refractivity contribution in [3.63, 3.8) is 0 Å². The first-order chi connectivity index (χ1) is 13.0. The molecule has 0 aliphatic carbocycles. The van der Waals surface area contributed by atoms with Crippen LogP contribution in [0.25, 0.3) is 4.96 Å². The number of nitrogens with zero attached hydrogens (tertiary/aromatic N) is 3. The average molecular weight is 431 g/mol. The van der Waals surface area contributed by atoms with Gasteiger partial charge in [0.15, 0.2) is 5.01 Å². The number of hydrogen-bond acceptors (Lipinski definition) is 4. The smallest absolute Gasteiger partial charge is 0.377 e. The van der Waals surface area contributed by atoms with Gasteiger partial charge in [-0.15, -0.1) is 0 Å². The fraction of sp³-hybridized carbons (Fsp3) is 0.667. The Balaban J connectivity index is 1.83. The van der Waals surface area contributed by atoms with Gasteiger partial charge in [-0.3, -0.25) is 4.79 Å². The lowest BCUT2D eigenvalue weighted by atomic mass is 10.0. The van der Waals surface area contributed by atoms with Crippen LogP contribution in [0.3, 0.4) is 0 Å². The van der Waals surface area contributed by atoms with E-state index in [0.717, 1.165) is 20.8 Å². The summed E-state index contributed by atoms with van der Waals surface area (Å²) >= 11 is 0.986. The summed E-state index contributed by atoms with van der Waals surface area (Å²) < 4.78 is 83.3. The number of halogens is 6. The van der Waals surface area contributed by atoms with Crippen LogP contribution in [0.1, 0.15) is 35.7 Å². The zero-order chi connectivity index (χ0) is 20.7. The highest BCUT2D eigenvalue weighted by Gasteiger charge is 2.45. The van der Waals surface area contributed by atoms with E-state index in [9.17, 15) is 31.1 Å². The monoisotopic (exact) mass is 431 g/mol. The molecule has 0 bridgehead atoms. The molecular weight excluding hydrogens is 414 g/mol. The molecule has 156 valence electrons. The van der Waals surface area contributed by atoms with Crippen molar-refractivity contribution in [2.24, 2.45) is 5.92 Å². The SMILES string of the molecule is COCc1n[n+]2c(CN3C[C@@H](CCC(F)(F)F)CC3=O)c(C(F)(F)F)[nH]c2s1. The first kappa shape index (κ1) is 20.8. The number of carbonyl (C=O) groups is 1. The number of carbonyl (C=O) groups excluding carboxylic acids is 1. The molecule has 0 radical (unpaired) electrons. The Hall–Kier alpha value is -1.89. The lowest BCUT2D eigenvalue weighted by Gasteiger charge is -2.15. The highest BCUT2D eigenvalue weighted by Crippen LogP contribution is 2.33. The molecule has 2 aromatic rings. The predicted molar refractivity (Wildman–Crippen MR) is 84.2 cm³/mol. The number of rotatable bonds is 6. The molecule has 3 heterocycles. The largest absolute Gasteiger partial charge is 0.457 e. The molecule has 1 saturated heterocycles. The van der Waals surface area contributed by atoms with E-state index < -0.39 is 42.8 Å². The van der Waals surface area contributed by atoms with Gasteiger partial charge in [-0.25, -0.2) is 4.98 Å². The third-order valence-electron chi connectivity index (χ3n) is 4.42. The van der Waals surface area contributed by atoms with E-state index in [4.69, 9.17) is 4.74 Å². The summed E-state index contributed by atoms with van der Waals surface area (Å²) in [5.74, 6) is -1.01. The summed E-state index contributed by atoms with van der Waals surface area (Å²) in [7, 11) is 1.42. The number of H-pyrrole nitrogens is 1. The Morgan fingerprint density at radius 3 is 2.64 bits per heavy atom. The maximum Gasteiger partial charge on any atom is 0.457 e. The maximum atomic E-state index is 13.4. The quantitative estimate of drug-likeness (QED) is 0.565. The molecular formula is C15H17F6N4O2S+. The highest BCUT2D eigenvalue weighted by molar-refractivity contribution is 7.16. The van der Waals surface area contributed by atoms with E-state index in [2.05, 4.69) is 10.1 Å². The molecule has 0 unspecified atom stereocenters. The van der Waals surface area contributed by atoms with Crippen LogP contribution in [0.2, 0.25) is 0 Å². The van der Waals surface area contributed by atoms with Gasteiger partial charge in [-0.05, 0) is 23.7 Å². The van der Waals surface area contributed by atoms with E-state index in [1.807, 2.05) is 0 Å². The van der Waals surface area contributed by atoms with Gasteiger partial charge in [-0.2, -0.15) is 26.3 Å². The molecule has 28 heavy (non-hydrogen) atoms. The molecule has 13 heteroatoms. The van der Waals surface area contributed by atoms with Gasteiger partial charge in [0.1, 0.15) is 6.61 Å². The molecule has 1 atom stereocenters. The number of nitrogens with one attached hydrogen (secondary N) is 1. The number of amides is 1. The van der Waals surface area contributed by atoms with Gasteiger partial charge in [0.25, 0.3) is 5.69 Å². The Bertz CT molecular complexity index is 859. The third-order valence-corrected chi connectivity index (χ3v) is 5.32. The molecule has 1 aliphatic heterocycles. The van der Waals surface area contributed by atoms with Crippen molar-refractivity contribution in [1.82, 2.24) is 15.0 Å². The van der Waals surface area contributed by atoms with Crippen molar-refractivity contribution in [3.8, 4) is 0 Å². The molecule has 1 amide bonds. The summed E-state index contributed by atoms with van der Waals surface area (Å²) in [5, 5.41) is 4.53. The number of aromatic nitrogens is 3. The van der Waals surface area contributed by atoms with E-state index in [-0.39, 0.29) is 36.6 Å². The van der Waals surface area contributed by atoms with E-state index >= 15 is 0 Å². The number of imidazole rings is 1. The van der Waals surface area contributed by atoms with Crippen molar-refractivity contribution >= 4 is 22.2 Å². The van der Waals surface area contributed by atoms with Gasteiger partial charge in [0.05, 0.1) is 6.54 Å². The first-order valence-electron chi connectivity index (χ1n) is 8.31. The van der Waals surface area contributed by atoms with Crippen LogP contribution < -0.4 is 4.52 Å². The van der Waals surface area contributed by atoms with Gasteiger partial charge >= 0.3 is 17.3 Å². The van der Waals surface area contributed by atoms with Crippen LogP contribution in [0.4, 0.5) is 26.3 Å². The lowest BCUT2D eigenvalue weighted by molar-refractivity contribution is -0.585. The molecule has 3 rings (SSSR count). The van der Waals surface area contributed by atoms with E-state index in [1.54, 1.807) is 0 Å². The van der Waals surface area contributed by atoms with Gasteiger partial charge in [0.2, 0.25) is 11.6 Å². The van der Waals surface area contributed by atoms with Crippen LogP contribution in [0.5, 0.6) is 0 Å². The average Bonchev–Trinajstić information content (AvgIpc) is 3.19. The lowest BCUT2D eigenvalue weighted by Crippen LogP contribution is -2.35. The summed E-state index contributed by atoms with van der Waals surface area (Å²) in [6.45, 7) is -0.297. The first-order valence-corrected chi connectivity index (χ1v) is 9.13. The molecule has 0 saturated carbocycles. The maximum absolute atomic E-state index is 13.4. The molecule has 0 aromatic carbocycles. The standard InChI is InChI=1S/C15H16F6N4O2S/c1-27-7-10-23-25-9(12(15(19,20)21)22-13(25)28-10)6-24-5-8(4-11(24)26)2-3-14(16,17)18/h8H,2-7H2,1H3/p+1/t8-/m0/s1. The fourth-order valence-electron chi connectivity index (χ4n) is 3.19. The van der Waals surface area contributed by atoms with Crippen molar-refractivity contribution in [2.75, 3.05) is 13.7 Å². The van der Waals surface area contributed by atoms with E-state index in [0.29, 0.717) is 5.01 Å². The number of likely N-dealkylation sites (tertiary alicyclic amines) is 1. The number of hydrogen-bond donors (Lipinski definition) is 1. The second-order valence-corrected chi connectivity index (χ2v) is 7.65. The number of aromatic amines is 1. The normalized spacial score (nSPS) is 18.6. The highest BCUT2D eigenvalue weighted by atomic mass is 32.1. The second kappa shape index (κ2) is 7.50. The molecule has 1 N–H and O–H groups in total. The molecule has 1 fully saturated rings. The minimum absolute atomic E-state index is 0.0193. The minimum Gasteiger partial charge on any atom is -0.377 e. The second-order valence-electron chi connectivity index (χ2n) is 6.59. The molecule has 2 aromatic heterocycles. The van der Waals surface area contributed by atoms with Gasteiger partial charge < -0.3 is 9.64 Å². The van der Waals surface area contributed by atoms with Crippen LogP contribution in [-0.4, -0.2) is 40.7 Å². The Kier molecular flexibility index (Phi) is 5.58. The Morgan fingerprint density at radius 2 is 2.04 bits per heavy atom. The molecule has 0 spiro atoms. The number of methoxy groups -OCH3 is 1. The summed E-state index contributed by atoms with van der Waals surface area (Å²) in [5.41, 5.74) is -1.28. The van der Waals surface area contributed by atoms with Crippen LogP contribution in [0, 0.1) is 5.92 Å². The predicted octanol–water partition coefficient (Wildman–Crippen LogP) is 3.07. The number of alkyl halides is 6. The number of fused-ring (bicyclic) bond motifs is 1. The Morgan fingerprint density at radius 1 is 1.32 bits per heavy atom. The van der Waals surface area contributed by atoms with Crippen molar-refractivity contribution in [2.45, 2.75) is 44.8 Å². The van der Waals surface area contributed by atoms with E-state index in [1.165, 1.54) is 7.11 Å². The summed E-state index contributed by atoms with van der Waals surface area (Å²) in [4.78, 5) is 15.7. The Labute approximate surface area is 159 Å². The van der Waals surface area contributed by atoms with Crippen molar-refractivity contribution in [1.29, 1.82) is 0 Å². The minimum atomic E-state index is -4.69. The zero-order valence-corrected chi connectivity index (χ0v) is 15.5. The summed E-state index contributed by atoms with van der Waals surface area (Å²) in [6, 6.07) is 0. The topological polar surface area (TPSA) is 62.3 Å². The fourth-order valence-corrected chi connectivity index (χ4v) is 4.10. The van der Waals surface area contributed by atoms with Gasteiger partial charge in [0, 0.05) is 26.5 Å². The molecule has 1 aliphatic rings. The zero-order valence-electron chi connectivity index (χ0n) is 14.7. The third kappa shape index (κ3) is 4.57. The van der Waals surface area contributed by atoms with Crippen LogP contribution in [-0.2, 0) is 28.9 Å². The van der Waals surface area contributed by atoms with Gasteiger partial charge in [-0.1, -0.05) is 9.61 Å². The van der Waals surface area contributed by atoms with Crippen molar-refractivity contribution in [3.05, 3.63) is 16.4 Å². The van der Waals surface area contributed by atoms with Crippen LogP contribution in [0.15, 0.2) is 0 Å². The summed E-state index contributed by atoms with van der Waals surface area (Å²) in [6.07, 6.45) is -10.4. The van der Waals surface area contributed by atoms with Crippen LogP contribution >= 0.6 is 11.3 Å². The molecule has 6 nitrogen and oxygen atoms in total. The number of ether oxygens (including phenoxy) is 1. The van der Waals surface area contributed by atoms with Crippen molar-refractivity contribution < 1.29 is 40.4 Å².